The first-order valence-electron chi connectivity index (χ1n) is 7.20. The van der Waals surface area contributed by atoms with Crippen molar-refractivity contribution in [2.45, 2.75) is 82.9 Å². The molecule has 2 N–H and O–H groups in total. The summed E-state index contributed by atoms with van der Waals surface area (Å²) in [7, 11) is 0. The van der Waals surface area contributed by atoms with Gasteiger partial charge in [0.25, 0.3) is 0 Å². The van der Waals surface area contributed by atoms with Gasteiger partial charge in [0.15, 0.2) is 0 Å². The number of aliphatic hydroxyl groups excluding tert-OH is 1. The highest BCUT2D eigenvalue weighted by molar-refractivity contribution is 4.83. The van der Waals surface area contributed by atoms with Crippen LogP contribution in [0.5, 0.6) is 0 Å². The van der Waals surface area contributed by atoms with Gasteiger partial charge in [0.05, 0.1) is 6.10 Å². The smallest absolute Gasteiger partial charge is 0.0541 e. The Labute approximate surface area is 99.8 Å². The summed E-state index contributed by atoms with van der Waals surface area (Å²) < 4.78 is 0. The second-order valence-electron chi connectivity index (χ2n) is 5.89. The standard InChI is InChI=1S/C14H27NO/c1-11-5-3-2-4-6-14(11)15-12-7-9-13(16)10-8-12/h11-16H,2-10H2,1H3. The molecule has 2 atom stereocenters. The van der Waals surface area contributed by atoms with Crippen molar-refractivity contribution < 1.29 is 5.11 Å². The summed E-state index contributed by atoms with van der Waals surface area (Å²) in [6, 6.07) is 1.41. The molecule has 2 aliphatic rings. The Kier molecular flexibility index (Phi) is 4.66. The van der Waals surface area contributed by atoms with Gasteiger partial charge in [-0.2, -0.15) is 0 Å². The van der Waals surface area contributed by atoms with Crippen molar-refractivity contribution in [1.82, 2.24) is 5.32 Å². The monoisotopic (exact) mass is 225 g/mol. The van der Waals surface area contributed by atoms with Crippen LogP contribution in [0.3, 0.4) is 0 Å². The fourth-order valence-corrected chi connectivity index (χ4v) is 3.29. The van der Waals surface area contributed by atoms with Crippen LogP contribution < -0.4 is 5.32 Å². The van der Waals surface area contributed by atoms with E-state index in [0.29, 0.717) is 6.04 Å². The zero-order valence-corrected chi connectivity index (χ0v) is 10.6. The topological polar surface area (TPSA) is 32.3 Å². The zero-order chi connectivity index (χ0) is 11.4. The summed E-state index contributed by atoms with van der Waals surface area (Å²) in [6.07, 6.45) is 11.3. The van der Waals surface area contributed by atoms with Crippen molar-refractivity contribution in [1.29, 1.82) is 0 Å². The minimum atomic E-state index is -0.0235. The maximum atomic E-state index is 9.50. The van der Waals surface area contributed by atoms with Gasteiger partial charge in [0, 0.05) is 12.1 Å². The van der Waals surface area contributed by atoms with E-state index in [1.54, 1.807) is 0 Å². The van der Waals surface area contributed by atoms with Crippen LogP contribution in [0.2, 0.25) is 0 Å². The SMILES string of the molecule is CC1CCCCCC1NC1CCC(O)CC1. The quantitative estimate of drug-likeness (QED) is 0.708. The van der Waals surface area contributed by atoms with E-state index in [2.05, 4.69) is 12.2 Å². The van der Waals surface area contributed by atoms with E-state index in [1.807, 2.05) is 0 Å². The predicted molar refractivity (Wildman–Crippen MR) is 67.4 cm³/mol. The second-order valence-corrected chi connectivity index (χ2v) is 5.89. The molecule has 2 unspecified atom stereocenters. The van der Waals surface area contributed by atoms with Crippen LogP contribution in [0.15, 0.2) is 0 Å². The molecule has 2 rings (SSSR count). The fraction of sp³-hybridized carbons (Fsp3) is 1.00. The molecule has 0 aromatic carbocycles. The highest BCUT2D eigenvalue weighted by atomic mass is 16.3. The van der Waals surface area contributed by atoms with Crippen LogP contribution >= 0.6 is 0 Å². The molecule has 0 spiro atoms. The molecular weight excluding hydrogens is 198 g/mol. The summed E-state index contributed by atoms with van der Waals surface area (Å²) in [5.41, 5.74) is 0. The van der Waals surface area contributed by atoms with Crippen LogP contribution in [0.4, 0.5) is 0 Å². The molecule has 0 amide bonds. The molecule has 2 nitrogen and oxygen atoms in total. The molecule has 2 fully saturated rings. The molecule has 0 saturated heterocycles. The van der Waals surface area contributed by atoms with Crippen LogP contribution in [-0.4, -0.2) is 23.3 Å². The van der Waals surface area contributed by atoms with Crippen LogP contribution in [0, 0.1) is 5.92 Å². The Hall–Kier alpha value is -0.0800. The van der Waals surface area contributed by atoms with Gasteiger partial charge >= 0.3 is 0 Å². The summed E-state index contributed by atoms with van der Waals surface area (Å²) in [5.74, 6) is 0.842. The van der Waals surface area contributed by atoms with Gasteiger partial charge in [0.2, 0.25) is 0 Å². The van der Waals surface area contributed by atoms with Crippen LogP contribution in [-0.2, 0) is 0 Å². The average molecular weight is 225 g/mol. The van der Waals surface area contributed by atoms with E-state index in [-0.39, 0.29) is 6.10 Å². The first-order chi connectivity index (χ1) is 7.75. The van der Waals surface area contributed by atoms with E-state index >= 15 is 0 Å². The number of rotatable bonds is 2. The van der Waals surface area contributed by atoms with Crippen molar-refractivity contribution in [2.75, 3.05) is 0 Å². The second kappa shape index (κ2) is 6.02. The molecular formula is C14H27NO. The Bertz CT molecular complexity index is 199. The zero-order valence-electron chi connectivity index (χ0n) is 10.6. The lowest BCUT2D eigenvalue weighted by Gasteiger charge is -2.32. The summed E-state index contributed by atoms with van der Waals surface area (Å²) in [6.45, 7) is 2.40. The van der Waals surface area contributed by atoms with E-state index in [4.69, 9.17) is 0 Å². The third-order valence-electron chi connectivity index (χ3n) is 4.51. The molecule has 0 aromatic rings. The molecule has 0 aliphatic heterocycles. The first-order valence-corrected chi connectivity index (χ1v) is 7.20. The summed E-state index contributed by atoms with van der Waals surface area (Å²) in [5, 5.41) is 13.4. The summed E-state index contributed by atoms with van der Waals surface area (Å²) >= 11 is 0. The van der Waals surface area contributed by atoms with Crippen LogP contribution in [0.25, 0.3) is 0 Å². The molecule has 0 aromatic heterocycles. The summed E-state index contributed by atoms with van der Waals surface area (Å²) in [4.78, 5) is 0. The average Bonchev–Trinajstić information content (AvgIpc) is 2.48. The molecule has 2 heteroatoms. The van der Waals surface area contributed by atoms with Gasteiger partial charge in [0.1, 0.15) is 0 Å². The lowest BCUT2D eigenvalue weighted by molar-refractivity contribution is 0.111. The van der Waals surface area contributed by atoms with Crippen LogP contribution in [0.1, 0.15) is 64.7 Å². The van der Waals surface area contributed by atoms with E-state index < -0.39 is 0 Å². The van der Waals surface area contributed by atoms with E-state index in [1.165, 1.54) is 44.9 Å². The minimum absolute atomic E-state index is 0.0235. The molecule has 16 heavy (non-hydrogen) atoms. The van der Waals surface area contributed by atoms with Crippen molar-refractivity contribution in [3.05, 3.63) is 0 Å². The molecule has 0 heterocycles. The van der Waals surface area contributed by atoms with E-state index in [0.717, 1.165) is 24.8 Å². The van der Waals surface area contributed by atoms with E-state index in [9.17, 15) is 5.11 Å². The predicted octanol–water partition coefficient (Wildman–Crippen LogP) is 2.85. The maximum Gasteiger partial charge on any atom is 0.0541 e. The van der Waals surface area contributed by atoms with Gasteiger partial charge in [-0.15, -0.1) is 0 Å². The van der Waals surface area contributed by atoms with Gasteiger partial charge < -0.3 is 10.4 Å². The molecule has 94 valence electrons. The normalized spacial score (nSPS) is 41.6. The van der Waals surface area contributed by atoms with Crippen molar-refractivity contribution >= 4 is 0 Å². The van der Waals surface area contributed by atoms with Crippen molar-refractivity contribution in [3.63, 3.8) is 0 Å². The maximum absolute atomic E-state index is 9.50. The molecule has 2 saturated carbocycles. The third kappa shape index (κ3) is 3.46. The Morgan fingerprint density at radius 3 is 2.31 bits per heavy atom. The highest BCUT2D eigenvalue weighted by Crippen LogP contribution is 2.26. The third-order valence-corrected chi connectivity index (χ3v) is 4.51. The molecule has 2 aliphatic carbocycles. The molecule has 0 bridgehead atoms. The van der Waals surface area contributed by atoms with Gasteiger partial charge in [-0.1, -0.05) is 26.2 Å². The fourth-order valence-electron chi connectivity index (χ4n) is 3.29. The Balaban J connectivity index is 1.78. The Morgan fingerprint density at radius 2 is 1.56 bits per heavy atom. The largest absolute Gasteiger partial charge is 0.393 e. The Morgan fingerprint density at radius 1 is 0.875 bits per heavy atom. The van der Waals surface area contributed by atoms with Gasteiger partial charge in [-0.25, -0.2) is 0 Å². The number of nitrogens with one attached hydrogen (secondary N) is 1. The van der Waals surface area contributed by atoms with Gasteiger partial charge in [-0.05, 0) is 44.4 Å². The highest BCUT2D eigenvalue weighted by Gasteiger charge is 2.25. The number of aliphatic hydroxyl groups is 1. The van der Waals surface area contributed by atoms with Crippen molar-refractivity contribution in [2.24, 2.45) is 5.92 Å². The molecule has 0 radical (unpaired) electrons. The first kappa shape index (κ1) is 12.4. The lowest BCUT2D eigenvalue weighted by atomic mass is 9.90. The van der Waals surface area contributed by atoms with Crippen molar-refractivity contribution in [3.8, 4) is 0 Å². The minimum Gasteiger partial charge on any atom is -0.393 e. The number of hydrogen-bond acceptors (Lipinski definition) is 2. The number of hydrogen-bond donors (Lipinski definition) is 2. The van der Waals surface area contributed by atoms with Gasteiger partial charge in [-0.3, -0.25) is 0 Å². The lowest BCUT2D eigenvalue weighted by Crippen LogP contribution is -2.43.